The van der Waals surface area contributed by atoms with Crippen molar-refractivity contribution < 1.29 is 27.2 Å². The molecule has 3 nitrogen and oxygen atoms in total. The summed E-state index contributed by atoms with van der Waals surface area (Å²) in [6.07, 6.45) is -2.76. The third kappa shape index (κ3) is 5.99. The Bertz CT molecular complexity index is 247. The minimum Gasteiger partial charge on any atom is -0.473 e. The van der Waals surface area contributed by atoms with Crippen molar-refractivity contribution in [1.29, 1.82) is 0 Å². The van der Waals surface area contributed by atoms with Gasteiger partial charge in [-0.25, -0.2) is 0 Å². The molecule has 0 amide bonds. The molecule has 0 bridgehead atoms. The lowest BCUT2D eigenvalue weighted by Gasteiger charge is -1.98. The summed E-state index contributed by atoms with van der Waals surface area (Å²) in [4.78, 5) is 19.0. The molecule has 0 aliphatic rings. The third-order valence-corrected chi connectivity index (χ3v) is 1.01. The molecule has 0 aliphatic heterocycles. The molecule has 0 fully saturated rings. The second-order valence-electron chi connectivity index (χ2n) is 2.08. The molecule has 0 aromatic carbocycles. The molecule has 0 spiro atoms. The first kappa shape index (κ1) is 12.4. The van der Waals surface area contributed by atoms with Crippen LogP contribution in [0, 0.1) is 0 Å². The zero-order valence-corrected chi connectivity index (χ0v) is 6.95. The van der Waals surface area contributed by atoms with Crippen LogP contribution in [0.25, 0.3) is 0 Å². The van der Waals surface area contributed by atoms with Crippen molar-refractivity contribution in [3.05, 3.63) is 24.7 Å². The minimum absolute atomic E-state index is 0.0736. The highest BCUT2D eigenvalue weighted by molar-refractivity contribution is 5.93. The van der Waals surface area contributed by atoms with Crippen LogP contribution in [0.1, 0.15) is 6.42 Å². The molecule has 1 aromatic heterocycles. The van der Waals surface area contributed by atoms with E-state index in [0.29, 0.717) is 0 Å². The van der Waals surface area contributed by atoms with E-state index in [1.807, 2.05) is 12.1 Å². The molecule has 0 aliphatic carbocycles. The van der Waals surface area contributed by atoms with E-state index in [9.17, 15) is 22.8 Å². The van der Waals surface area contributed by atoms with Crippen molar-refractivity contribution in [2.45, 2.75) is 12.6 Å². The van der Waals surface area contributed by atoms with Crippen LogP contribution in [0.3, 0.4) is 0 Å². The van der Waals surface area contributed by atoms with E-state index >= 15 is 0 Å². The first-order valence-corrected chi connectivity index (χ1v) is 3.49. The molecular formula is C8H7F3O3. The van der Waals surface area contributed by atoms with Crippen LogP contribution in [-0.4, -0.2) is 18.2 Å². The quantitative estimate of drug-likeness (QED) is 0.551. The Morgan fingerprint density at radius 3 is 1.93 bits per heavy atom. The van der Waals surface area contributed by atoms with Gasteiger partial charge in [0, 0.05) is 0 Å². The van der Waals surface area contributed by atoms with Gasteiger partial charge in [-0.3, -0.25) is 4.79 Å². The summed E-state index contributed by atoms with van der Waals surface area (Å²) in [6, 6.07) is 3.67. The van der Waals surface area contributed by atoms with Gasteiger partial charge in [0.15, 0.2) is 0 Å². The van der Waals surface area contributed by atoms with Gasteiger partial charge in [0.05, 0.1) is 18.9 Å². The molecule has 0 radical (unpaired) electrons. The Balaban J connectivity index is 0.000000280. The van der Waals surface area contributed by atoms with Gasteiger partial charge in [-0.05, 0) is 12.1 Å². The van der Waals surface area contributed by atoms with Crippen LogP contribution in [0.2, 0.25) is 0 Å². The molecule has 14 heavy (non-hydrogen) atoms. The second kappa shape index (κ2) is 5.95. The number of carbonyl (C=O) groups excluding carboxylic acids is 2. The highest BCUT2D eigenvalue weighted by Crippen LogP contribution is 2.16. The summed E-state index contributed by atoms with van der Waals surface area (Å²) in [6.45, 7) is 0. The summed E-state index contributed by atoms with van der Waals surface area (Å²) in [5, 5.41) is 0. The summed E-state index contributed by atoms with van der Waals surface area (Å²) in [5.74, 6) is -2.00. The normalized spacial score (nSPS) is 9.93. The number of furan rings is 1. The number of hydrogen-bond acceptors (Lipinski definition) is 3. The predicted molar refractivity (Wildman–Crippen MR) is 40.5 cm³/mol. The standard InChI is InChI=1S/C4H3F3O2.C4H4O/c5-4(6,7)3(9)1-2-8;1-2-4-5-3-1/h2H,1H2;1-4H. The molecule has 0 atom stereocenters. The van der Waals surface area contributed by atoms with Gasteiger partial charge >= 0.3 is 6.18 Å². The Kier molecular flexibility index (Phi) is 5.28. The Labute approximate surface area is 77.5 Å². The molecule has 0 unspecified atom stereocenters. The first-order chi connectivity index (χ1) is 6.48. The number of rotatable bonds is 2. The van der Waals surface area contributed by atoms with Gasteiger partial charge in [0.1, 0.15) is 6.29 Å². The maximum absolute atomic E-state index is 11.1. The summed E-state index contributed by atoms with van der Waals surface area (Å²) in [5.41, 5.74) is 0. The number of hydrogen-bond donors (Lipinski definition) is 0. The second-order valence-corrected chi connectivity index (χ2v) is 2.08. The lowest BCUT2D eigenvalue weighted by molar-refractivity contribution is -0.171. The number of carbonyl (C=O) groups is 2. The summed E-state index contributed by atoms with van der Waals surface area (Å²) in [7, 11) is 0. The van der Waals surface area contributed by atoms with Crippen molar-refractivity contribution in [3.63, 3.8) is 0 Å². The van der Waals surface area contributed by atoms with Crippen molar-refractivity contribution >= 4 is 12.1 Å². The summed E-state index contributed by atoms with van der Waals surface area (Å²) < 4.78 is 38.0. The molecule has 1 heterocycles. The third-order valence-electron chi connectivity index (χ3n) is 1.01. The Hall–Kier alpha value is -1.59. The van der Waals surface area contributed by atoms with Crippen LogP contribution in [-0.2, 0) is 9.59 Å². The van der Waals surface area contributed by atoms with Crippen LogP contribution in [0.15, 0.2) is 29.1 Å². The number of alkyl halides is 3. The predicted octanol–water partition coefficient (Wildman–Crippen LogP) is 1.99. The molecule has 0 N–H and O–H groups in total. The SMILES string of the molecule is O=CCC(=O)C(F)(F)F.c1ccoc1. The van der Waals surface area contributed by atoms with Gasteiger partial charge in [-0.2, -0.15) is 13.2 Å². The van der Waals surface area contributed by atoms with E-state index in [2.05, 4.69) is 4.42 Å². The fourth-order valence-electron chi connectivity index (χ4n) is 0.418. The highest BCUT2D eigenvalue weighted by Gasteiger charge is 2.37. The molecular weight excluding hydrogens is 201 g/mol. The average Bonchev–Trinajstić information content (AvgIpc) is 2.59. The Morgan fingerprint density at radius 1 is 1.29 bits per heavy atom. The Morgan fingerprint density at radius 2 is 1.79 bits per heavy atom. The minimum atomic E-state index is -4.86. The van der Waals surface area contributed by atoms with E-state index < -0.39 is 18.4 Å². The number of halogens is 3. The lowest BCUT2D eigenvalue weighted by Crippen LogP contribution is -2.22. The molecule has 1 aromatic rings. The van der Waals surface area contributed by atoms with Crippen LogP contribution in [0.4, 0.5) is 13.2 Å². The highest BCUT2D eigenvalue weighted by atomic mass is 19.4. The van der Waals surface area contributed by atoms with Crippen LogP contribution < -0.4 is 0 Å². The van der Waals surface area contributed by atoms with Crippen molar-refractivity contribution in [1.82, 2.24) is 0 Å². The zero-order valence-electron chi connectivity index (χ0n) is 6.95. The molecule has 0 saturated carbocycles. The number of Topliss-reactive ketones (excluding diaryl/α,β-unsaturated/α-hetero) is 1. The molecule has 6 heteroatoms. The molecule has 1 rings (SSSR count). The van der Waals surface area contributed by atoms with Gasteiger partial charge in [0.2, 0.25) is 5.78 Å². The van der Waals surface area contributed by atoms with Gasteiger partial charge in [-0.1, -0.05) is 0 Å². The fraction of sp³-hybridized carbons (Fsp3) is 0.250. The van der Waals surface area contributed by atoms with Crippen molar-refractivity contribution in [3.8, 4) is 0 Å². The van der Waals surface area contributed by atoms with Crippen molar-refractivity contribution in [2.75, 3.05) is 0 Å². The topological polar surface area (TPSA) is 47.3 Å². The number of aldehydes is 1. The van der Waals surface area contributed by atoms with E-state index in [4.69, 9.17) is 0 Å². The maximum atomic E-state index is 11.1. The first-order valence-electron chi connectivity index (χ1n) is 3.49. The maximum Gasteiger partial charge on any atom is 0.450 e. The van der Waals surface area contributed by atoms with Crippen LogP contribution in [0.5, 0.6) is 0 Å². The number of ketones is 1. The molecule has 78 valence electrons. The van der Waals surface area contributed by atoms with Gasteiger partial charge in [-0.15, -0.1) is 0 Å². The van der Waals surface area contributed by atoms with Crippen molar-refractivity contribution in [2.24, 2.45) is 0 Å². The van der Waals surface area contributed by atoms with E-state index in [1.54, 1.807) is 12.5 Å². The fourth-order valence-corrected chi connectivity index (χ4v) is 0.418. The van der Waals surface area contributed by atoms with Gasteiger partial charge < -0.3 is 9.21 Å². The molecule has 0 saturated heterocycles. The largest absolute Gasteiger partial charge is 0.473 e. The zero-order chi connectivity index (χ0) is 11.0. The van der Waals surface area contributed by atoms with Gasteiger partial charge in [0.25, 0.3) is 0 Å². The summed E-state index contributed by atoms with van der Waals surface area (Å²) >= 11 is 0. The monoisotopic (exact) mass is 208 g/mol. The lowest BCUT2D eigenvalue weighted by atomic mass is 10.3. The van der Waals surface area contributed by atoms with Crippen LogP contribution >= 0.6 is 0 Å². The average molecular weight is 208 g/mol. The smallest absolute Gasteiger partial charge is 0.450 e. The van der Waals surface area contributed by atoms with E-state index in [0.717, 1.165) is 0 Å². The van der Waals surface area contributed by atoms with E-state index in [1.165, 1.54) is 0 Å². The van der Waals surface area contributed by atoms with E-state index in [-0.39, 0.29) is 6.29 Å².